The Morgan fingerprint density at radius 1 is 1.14 bits per heavy atom. The van der Waals surface area contributed by atoms with Gasteiger partial charge in [-0.1, -0.05) is 25.0 Å². The number of esters is 1. The predicted octanol–water partition coefficient (Wildman–Crippen LogP) is 1.93. The van der Waals surface area contributed by atoms with Gasteiger partial charge in [-0.3, -0.25) is 28.9 Å². The van der Waals surface area contributed by atoms with Crippen LogP contribution in [0.5, 0.6) is 0 Å². The van der Waals surface area contributed by atoms with Crippen molar-refractivity contribution >= 4 is 35.2 Å². The zero-order valence-corrected chi connectivity index (χ0v) is 16.5. The molecule has 3 amide bonds. The Bertz CT molecular complexity index is 840. The first-order valence-electron chi connectivity index (χ1n) is 9.74. The first kappa shape index (κ1) is 20.7. The van der Waals surface area contributed by atoms with Crippen molar-refractivity contribution in [3.63, 3.8) is 0 Å². The Balaban J connectivity index is 1.55. The molecule has 2 aliphatic rings. The third-order valence-electron chi connectivity index (χ3n) is 5.43. The van der Waals surface area contributed by atoms with E-state index in [0.29, 0.717) is 24.1 Å². The molecular formula is C21H24N2O6. The summed E-state index contributed by atoms with van der Waals surface area (Å²) in [6.07, 6.45) is 2.01. The van der Waals surface area contributed by atoms with Gasteiger partial charge in [0, 0.05) is 11.3 Å². The van der Waals surface area contributed by atoms with E-state index in [4.69, 9.17) is 4.74 Å². The van der Waals surface area contributed by atoms with E-state index in [-0.39, 0.29) is 29.4 Å². The normalized spacial score (nSPS) is 22.1. The van der Waals surface area contributed by atoms with Crippen LogP contribution in [0.2, 0.25) is 0 Å². The summed E-state index contributed by atoms with van der Waals surface area (Å²) in [5.74, 6) is -2.85. The lowest BCUT2D eigenvalue weighted by molar-refractivity contribution is -0.158. The molecule has 1 aromatic rings. The van der Waals surface area contributed by atoms with Gasteiger partial charge in [0.2, 0.25) is 11.8 Å². The molecule has 3 atom stereocenters. The summed E-state index contributed by atoms with van der Waals surface area (Å²) in [6, 6.07) is 6.40. The number of hydrogen-bond donors (Lipinski definition) is 1. The van der Waals surface area contributed by atoms with Crippen LogP contribution in [0.25, 0.3) is 0 Å². The van der Waals surface area contributed by atoms with E-state index in [0.717, 1.165) is 17.7 Å². The summed E-state index contributed by atoms with van der Waals surface area (Å²) < 4.78 is 5.11. The number of amides is 3. The average molecular weight is 400 g/mol. The van der Waals surface area contributed by atoms with Crippen LogP contribution in [0.15, 0.2) is 24.3 Å². The molecule has 3 rings (SSSR count). The maximum Gasteiger partial charge on any atom is 0.326 e. The minimum Gasteiger partial charge on any atom is -0.451 e. The van der Waals surface area contributed by atoms with Crippen molar-refractivity contribution in [3.05, 3.63) is 29.8 Å². The predicted molar refractivity (Wildman–Crippen MR) is 103 cm³/mol. The molecule has 1 aliphatic carbocycles. The van der Waals surface area contributed by atoms with E-state index in [1.54, 1.807) is 18.2 Å². The average Bonchev–Trinajstić information content (AvgIpc) is 2.93. The Hall–Kier alpha value is -3.03. The van der Waals surface area contributed by atoms with Crippen LogP contribution in [0.1, 0.15) is 49.9 Å². The largest absolute Gasteiger partial charge is 0.451 e. The van der Waals surface area contributed by atoms with Crippen molar-refractivity contribution in [1.29, 1.82) is 0 Å². The Kier molecular flexibility index (Phi) is 6.10. The van der Waals surface area contributed by atoms with Gasteiger partial charge in [0.15, 0.2) is 11.9 Å². The quantitative estimate of drug-likeness (QED) is 0.444. The number of nitrogens with one attached hydrogen (secondary N) is 1. The van der Waals surface area contributed by atoms with E-state index in [1.807, 2.05) is 0 Å². The second-order valence-electron chi connectivity index (χ2n) is 7.52. The zero-order valence-electron chi connectivity index (χ0n) is 16.5. The lowest BCUT2D eigenvalue weighted by Gasteiger charge is -2.19. The molecule has 0 spiro atoms. The van der Waals surface area contributed by atoms with Crippen molar-refractivity contribution in [2.24, 2.45) is 11.8 Å². The van der Waals surface area contributed by atoms with Crippen molar-refractivity contribution in [1.82, 2.24) is 4.90 Å². The third kappa shape index (κ3) is 4.52. The fourth-order valence-corrected chi connectivity index (χ4v) is 3.86. The molecule has 29 heavy (non-hydrogen) atoms. The summed E-state index contributed by atoms with van der Waals surface area (Å²) in [5, 5.41) is 2.58. The number of Topliss-reactive ketones (excluding diaryl/α,β-unsaturated/α-hetero) is 1. The van der Waals surface area contributed by atoms with Crippen LogP contribution in [0.4, 0.5) is 5.69 Å². The number of carbonyl (C=O) groups excluding carboxylic acids is 5. The molecule has 1 aliphatic heterocycles. The van der Waals surface area contributed by atoms with Gasteiger partial charge in [0.05, 0.1) is 11.8 Å². The van der Waals surface area contributed by atoms with Gasteiger partial charge in [-0.2, -0.15) is 0 Å². The van der Waals surface area contributed by atoms with E-state index < -0.39 is 24.5 Å². The summed E-state index contributed by atoms with van der Waals surface area (Å²) >= 11 is 0. The highest BCUT2D eigenvalue weighted by atomic mass is 16.5. The van der Waals surface area contributed by atoms with Crippen LogP contribution in [0, 0.1) is 11.8 Å². The molecule has 1 saturated carbocycles. The van der Waals surface area contributed by atoms with Crippen molar-refractivity contribution in [3.8, 4) is 0 Å². The molecule has 0 aromatic heterocycles. The Labute approximate surface area is 168 Å². The number of hydrogen-bond acceptors (Lipinski definition) is 6. The monoisotopic (exact) mass is 400 g/mol. The van der Waals surface area contributed by atoms with Crippen molar-refractivity contribution in [2.45, 2.75) is 45.6 Å². The summed E-state index contributed by atoms with van der Waals surface area (Å²) in [7, 11) is 0. The molecular weight excluding hydrogens is 376 g/mol. The SMILES string of the molecule is CC(=O)c1cccc(NC(=O)[C@H](C)OC(=O)CN2C(=O)[C@H]3CCCC[C@H]3C2=O)c1. The third-order valence-corrected chi connectivity index (χ3v) is 5.43. The highest BCUT2D eigenvalue weighted by Crippen LogP contribution is 2.37. The lowest BCUT2D eigenvalue weighted by Crippen LogP contribution is -2.39. The fraction of sp³-hybridized carbons (Fsp3) is 0.476. The minimum atomic E-state index is -1.13. The molecule has 8 heteroatoms. The fourth-order valence-electron chi connectivity index (χ4n) is 3.86. The van der Waals surface area contributed by atoms with Crippen LogP contribution >= 0.6 is 0 Å². The zero-order chi connectivity index (χ0) is 21.1. The molecule has 1 heterocycles. The van der Waals surface area contributed by atoms with Crippen LogP contribution in [-0.2, 0) is 23.9 Å². The van der Waals surface area contributed by atoms with E-state index >= 15 is 0 Å². The molecule has 0 unspecified atom stereocenters. The lowest BCUT2D eigenvalue weighted by atomic mass is 9.81. The van der Waals surface area contributed by atoms with Crippen molar-refractivity contribution in [2.75, 3.05) is 11.9 Å². The van der Waals surface area contributed by atoms with E-state index in [2.05, 4.69) is 5.32 Å². The maximum absolute atomic E-state index is 12.4. The number of anilines is 1. The van der Waals surface area contributed by atoms with Gasteiger partial charge in [-0.25, -0.2) is 0 Å². The highest BCUT2D eigenvalue weighted by Gasteiger charge is 2.48. The minimum absolute atomic E-state index is 0.138. The summed E-state index contributed by atoms with van der Waals surface area (Å²) in [5.41, 5.74) is 0.847. The number of benzene rings is 1. The molecule has 1 saturated heterocycles. The molecule has 8 nitrogen and oxygen atoms in total. The summed E-state index contributed by atoms with van der Waals surface area (Å²) in [6.45, 7) is 2.33. The number of likely N-dealkylation sites (tertiary alicyclic amines) is 1. The van der Waals surface area contributed by atoms with Gasteiger partial charge in [0.1, 0.15) is 6.54 Å². The van der Waals surface area contributed by atoms with Gasteiger partial charge in [-0.15, -0.1) is 0 Å². The number of nitrogens with zero attached hydrogens (tertiary/aromatic N) is 1. The second kappa shape index (κ2) is 8.55. The highest BCUT2D eigenvalue weighted by molar-refractivity contribution is 6.07. The van der Waals surface area contributed by atoms with Gasteiger partial charge >= 0.3 is 5.97 Å². The molecule has 0 bridgehead atoms. The number of ketones is 1. The Morgan fingerprint density at radius 2 is 1.76 bits per heavy atom. The second-order valence-corrected chi connectivity index (χ2v) is 7.52. The van der Waals surface area contributed by atoms with Crippen molar-refractivity contribution < 1.29 is 28.7 Å². The molecule has 0 radical (unpaired) electrons. The van der Waals surface area contributed by atoms with Crippen LogP contribution < -0.4 is 5.32 Å². The number of carbonyl (C=O) groups is 5. The first-order chi connectivity index (χ1) is 13.8. The Morgan fingerprint density at radius 3 is 2.34 bits per heavy atom. The van der Waals surface area contributed by atoms with E-state index in [9.17, 15) is 24.0 Å². The number of ether oxygens (including phenoxy) is 1. The van der Waals surface area contributed by atoms with E-state index in [1.165, 1.54) is 19.9 Å². The number of fused-ring (bicyclic) bond motifs is 1. The first-order valence-corrected chi connectivity index (χ1v) is 9.74. The number of imide groups is 1. The maximum atomic E-state index is 12.4. The molecule has 154 valence electrons. The topological polar surface area (TPSA) is 110 Å². The molecule has 1 aromatic carbocycles. The standard InChI is InChI=1S/C21H24N2O6/c1-12(24)14-6-5-7-15(10-14)22-19(26)13(2)29-18(25)11-23-20(27)16-8-3-4-9-17(16)21(23)28/h5-7,10,13,16-17H,3-4,8-9,11H2,1-2H3,(H,22,26)/t13-,16-,17+/m0/s1. The molecule has 2 fully saturated rings. The summed E-state index contributed by atoms with van der Waals surface area (Å²) in [4.78, 5) is 61.7. The smallest absolute Gasteiger partial charge is 0.326 e. The van der Waals surface area contributed by atoms with Gasteiger partial charge < -0.3 is 10.1 Å². The van der Waals surface area contributed by atoms with Gasteiger partial charge in [-0.05, 0) is 38.8 Å². The van der Waals surface area contributed by atoms with Gasteiger partial charge in [0.25, 0.3) is 5.91 Å². The molecule has 1 N–H and O–H groups in total. The van der Waals surface area contributed by atoms with Crippen LogP contribution in [-0.4, -0.2) is 47.0 Å². The van der Waals surface area contributed by atoms with Crippen LogP contribution in [0.3, 0.4) is 0 Å². The number of rotatable bonds is 6.